The number of rotatable bonds is 6. The zero-order valence-electron chi connectivity index (χ0n) is 14.6. The Morgan fingerprint density at radius 2 is 1.76 bits per heavy atom. The fourth-order valence-electron chi connectivity index (χ4n) is 2.56. The van der Waals surface area contributed by atoms with Crippen LogP contribution in [0.15, 0.2) is 53.7 Å². The SMILES string of the molecule is CCn1c(SCc2ccccc2F)nnc1-c1ccc(N(C)C)cc1. The van der Waals surface area contributed by atoms with Gasteiger partial charge in [0.1, 0.15) is 5.82 Å². The first-order valence-electron chi connectivity index (χ1n) is 8.17. The van der Waals surface area contributed by atoms with E-state index in [1.165, 1.54) is 17.8 Å². The summed E-state index contributed by atoms with van der Waals surface area (Å²) in [5, 5.41) is 9.46. The second-order valence-electron chi connectivity index (χ2n) is 5.87. The number of anilines is 1. The van der Waals surface area contributed by atoms with E-state index in [2.05, 4.69) is 50.9 Å². The fraction of sp³-hybridized carbons (Fsp3) is 0.263. The summed E-state index contributed by atoms with van der Waals surface area (Å²) < 4.78 is 15.9. The summed E-state index contributed by atoms with van der Waals surface area (Å²) in [5.41, 5.74) is 2.84. The number of aromatic nitrogens is 3. The lowest BCUT2D eigenvalue weighted by Crippen LogP contribution is -2.08. The van der Waals surface area contributed by atoms with Gasteiger partial charge < -0.3 is 9.47 Å². The number of halogens is 1. The van der Waals surface area contributed by atoms with Gasteiger partial charge in [-0.3, -0.25) is 0 Å². The first-order chi connectivity index (χ1) is 12.1. The Hall–Kier alpha value is -2.34. The molecule has 4 nitrogen and oxygen atoms in total. The highest BCUT2D eigenvalue weighted by molar-refractivity contribution is 7.98. The standard InChI is InChI=1S/C19H21FN4S/c1-4-24-18(14-9-11-16(12-10-14)23(2)3)21-22-19(24)25-13-15-7-5-6-8-17(15)20/h5-12H,4,13H2,1-3H3. The predicted octanol–water partition coefficient (Wildman–Crippen LogP) is 4.46. The lowest BCUT2D eigenvalue weighted by Gasteiger charge is -2.13. The lowest BCUT2D eigenvalue weighted by molar-refractivity contribution is 0.617. The monoisotopic (exact) mass is 356 g/mol. The molecule has 0 saturated carbocycles. The number of thioether (sulfide) groups is 1. The number of benzene rings is 2. The second kappa shape index (κ2) is 7.70. The van der Waals surface area contributed by atoms with E-state index in [1.807, 2.05) is 20.2 Å². The Morgan fingerprint density at radius 3 is 2.40 bits per heavy atom. The van der Waals surface area contributed by atoms with Crippen LogP contribution in [0.1, 0.15) is 12.5 Å². The molecule has 0 unspecified atom stereocenters. The van der Waals surface area contributed by atoms with Gasteiger partial charge in [-0.05, 0) is 42.8 Å². The molecule has 0 atom stereocenters. The van der Waals surface area contributed by atoms with Gasteiger partial charge >= 0.3 is 0 Å². The van der Waals surface area contributed by atoms with Crippen LogP contribution < -0.4 is 4.90 Å². The number of hydrogen-bond donors (Lipinski definition) is 0. The van der Waals surface area contributed by atoms with Crippen LogP contribution in [0.25, 0.3) is 11.4 Å². The van der Waals surface area contributed by atoms with Gasteiger partial charge in [0.05, 0.1) is 0 Å². The van der Waals surface area contributed by atoms with E-state index < -0.39 is 0 Å². The molecule has 2 aromatic carbocycles. The van der Waals surface area contributed by atoms with Crippen molar-refractivity contribution in [2.24, 2.45) is 0 Å². The van der Waals surface area contributed by atoms with E-state index in [0.29, 0.717) is 11.3 Å². The van der Waals surface area contributed by atoms with Crippen molar-refractivity contribution < 1.29 is 4.39 Å². The van der Waals surface area contributed by atoms with Gasteiger partial charge in [0.15, 0.2) is 11.0 Å². The molecule has 130 valence electrons. The van der Waals surface area contributed by atoms with Gasteiger partial charge in [0.25, 0.3) is 0 Å². The molecule has 0 aliphatic rings. The van der Waals surface area contributed by atoms with E-state index in [9.17, 15) is 4.39 Å². The first-order valence-corrected chi connectivity index (χ1v) is 9.16. The van der Waals surface area contributed by atoms with Crippen LogP contribution in [0.4, 0.5) is 10.1 Å². The Bertz CT molecular complexity index is 843. The molecule has 0 bridgehead atoms. The maximum atomic E-state index is 13.8. The van der Waals surface area contributed by atoms with E-state index in [4.69, 9.17) is 0 Å². The molecule has 0 aliphatic carbocycles. The molecular formula is C19H21FN4S. The second-order valence-corrected chi connectivity index (χ2v) is 6.81. The highest BCUT2D eigenvalue weighted by Gasteiger charge is 2.14. The Kier molecular flexibility index (Phi) is 5.38. The smallest absolute Gasteiger partial charge is 0.191 e. The molecule has 0 radical (unpaired) electrons. The summed E-state index contributed by atoms with van der Waals surface area (Å²) in [4.78, 5) is 2.06. The highest BCUT2D eigenvalue weighted by Crippen LogP contribution is 2.28. The molecule has 0 fully saturated rings. The van der Waals surface area contributed by atoms with E-state index in [-0.39, 0.29) is 5.82 Å². The third kappa shape index (κ3) is 3.85. The van der Waals surface area contributed by atoms with Crippen LogP contribution in [-0.4, -0.2) is 28.9 Å². The van der Waals surface area contributed by atoms with Crippen molar-refractivity contribution in [3.63, 3.8) is 0 Å². The average molecular weight is 356 g/mol. The van der Waals surface area contributed by atoms with Crippen molar-refractivity contribution in [3.05, 3.63) is 59.9 Å². The molecule has 1 heterocycles. The summed E-state index contributed by atoms with van der Waals surface area (Å²) in [5.74, 6) is 1.19. The summed E-state index contributed by atoms with van der Waals surface area (Å²) >= 11 is 1.50. The molecule has 0 saturated heterocycles. The largest absolute Gasteiger partial charge is 0.378 e. The highest BCUT2D eigenvalue weighted by atomic mass is 32.2. The van der Waals surface area contributed by atoms with Crippen molar-refractivity contribution in [1.29, 1.82) is 0 Å². The number of nitrogens with zero attached hydrogens (tertiary/aromatic N) is 4. The average Bonchev–Trinajstić information content (AvgIpc) is 3.04. The van der Waals surface area contributed by atoms with Crippen molar-refractivity contribution in [2.75, 3.05) is 19.0 Å². The van der Waals surface area contributed by atoms with Gasteiger partial charge in [0.2, 0.25) is 0 Å². The van der Waals surface area contributed by atoms with Gasteiger partial charge in [-0.15, -0.1) is 10.2 Å². The van der Waals surface area contributed by atoms with Crippen LogP contribution in [0.3, 0.4) is 0 Å². The summed E-state index contributed by atoms with van der Waals surface area (Å²) in [6.45, 7) is 2.82. The molecule has 3 rings (SSSR count). The first kappa shape index (κ1) is 17.5. The maximum Gasteiger partial charge on any atom is 0.191 e. The summed E-state index contributed by atoms with van der Waals surface area (Å²) in [7, 11) is 4.03. The van der Waals surface area contributed by atoms with Gasteiger partial charge in [-0.1, -0.05) is 30.0 Å². The van der Waals surface area contributed by atoms with Crippen LogP contribution in [0, 0.1) is 5.82 Å². The Morgan fingerprint density at radius 1 is 1.04 bits per heavy atom. The van der Waals surface area contributed by atoms with E-state index in [0.717, 1.165) is 28.8 Å². The molecular weight excluding hydrogens is 335 g/mol. The lowest BCUT2D eigenvalue weighted by atomic mass is 10.2. The van der Waals surface area contributed by atoms with Crippen molar-refractivity contribution in [2.45, 2.75) is 24.4 Å². The molecule has 0 amide bonds. The molecule has 0 aliphatic heterocycles. The summed E-state index contributed by atoms with van der Waals surface area (Å²) in [6, 6.07) is 15.1. The third-order valence-corrected chi connectivity index (χ3v) is 5.01. The molecule has 6 heteroatoms. The quantitative estimate of drug-likeness (QED) is 0.611. The predicted molar refractivity (Wildman–Crippen MR) is 101 cm³/mol. The van der Waals surface area contributed by atoms with Crippen LogP contribution in [-0.2, 0) is 12.3 Å². The van der Waals surface area contributed by atoms with E-state index in [1.54, 1.807) is 12.1 Å². The van der Waals surface area contributed by atoms with Crippen LogP contribution in [0.2, 0.25) is 0 Å². The molecule has 1 aromatic heterocycles. The van der Waals surface area contributed by atoms with Crippen LogP contribution in [0.5, 0.6) is 0 Å². The molecule has 3 aromatic rings. The molecule has 0 N–H and O–H groups in total. The minimum absolute atomic E-state index is 0.183. The van der Waals surface area contributed by atoms with Gasteiger partial charge in [-0.25, -0.2) is 4.39 Å². The fourth-order valence-corrected chi connectivity index (χ4v) is 3.55. The Balaban J connectivity index is 1.82. The van der Waals surface area contributed by atoms with Crippen molar-refractivity contribution >= 4 is 17.4 Å². The van der Waals surface area contributed by atoms with E-state index >= 15 is 0 Å². The van der Waals surface area contributed by atoms with Crippen LogP contribution >= 0.6 is 11.8 Å². The molecule has 0 spiro atoms. The third-order valence-electron chi connectivity index (χ3n) is 3.99. The van der Waals surface area contributed by atoms with Crippen molar-refractivity contribution in [3.8, 4) is 11.4 Å². The Labute approximate surface area is 151 Å². The number of hydrogen-bond acceptors (Lipinski definition) is 4. The zero-order valence-corrected chi connectivity index (χ0v) is 15.4. The topological polar surface area (TPSA) is 34.0 Å². The minimum Gasteiger partial charge on any atom is -0.378 e. The normalized spacial score (nSPS) is 10.9. The van der Waals surface area contributed by atoms with Gasteiger partial charge in [0, 0.05) is 37.6 Å². The maximum absolute atomic E-state index is 13.8. The van der Waals surface area contributed by atoms with Gasteiger partial charge in [-0.2, -0.15) is 0 Å². The molecule has 25 heavy (non-hydrogen) atoms. The van der Waals surface area contributed by atoms with Crippen molar-refractivity contribution in [1.82, 2.24) is 14.8 Å². The zero-order chi connectivity index (χ0) is 17.8. The minimum atomic E-state index is -0.183. The summed E-state index contributed by atoms with van der Waals surface area (Å²) in [6.07, 6.45) is 0.